The van der Waals surface area contributed by atoms with Gasteiger partial charge in [-0.1, -0.05) is 27.7 Å². The number of fused-ring (bicyclic) bond motifs is 9. The Morgan fingerprint density at radius 3 is 1.75 bits per heavy atom. The Morgan fingerprint density at radius 1 is 0.818 bits per heavy atom. The van der Waals surface area contributed by atoms with Gasteiger partial charge in [-0.25, -0.2) is 0 Å². The number of ether oxygens (including phenoxy) is 2. The van der Waals surface area contributed by atoms with Crippen molar-refractivity contribution in [3.63, 3.8) is 0 Å². The second-order valence-electron chi connectivity index (χ2n) is 15.8. The Bertz CT molecular complexity index is 1060. The van der Waals surface area contributed by atoms with E-state index in [1.165, 1.54) is 46.5 Å². The van der Waals surface area contributed by atoms with Gasteiger partial charge in [0.15, 0.2) is 5.60 Å². The topological polar surface area (TPSA) is 72.8 Å². The van der Waals surface area contributed by atoms with Crippen LogP contribution in [0.5, 0.6) is 0 Å². The predicted octanol–water partition coefficient (Wildman–Crippen LogP) is 8.66. The smallest absolute Gasteiger partial charge is 0.430 e. The van der Waals surface area contributed by atoms with E-state index in [0.29, 0.717) is 25.7 Å². The van der Waals surface area contributed by atoms with Crippen LogP contribution in [0, 0.1) is 52.3 Å². The molecule has 11 heteroatoms. The van der Waals surface area contributed by atoms with E-state index < -0.39 is 34.9 Å². The molecule has 4 rings (SSSR count). The van der Waals surface area contributed by atoms with Crippen molar-refractivity contribution in [2.45, 2.75) is 143 Å². The number of rotatable bonds is 8. The molecule has 0 radical (unpaired) electrons. The lowest BCUT2D eigenvalue weighted by Crippen LogP contribution is -2.70. The van der Waals surface area contributed by atoms with Gasteiger partial charge in [0.05, 0.1) is 10.8 Å². The molecular weight excluding hydrogens is 590 g/mol. The van der Waals surface area contributed by atoms with E-state index in [9.17, 15) is 41.0 Å². The Morgan fingerprint density at radius 2 is 1.32 bits per heavy atom. The molecule has 0 aromatic heterocycles. The number of hydrogen-bond donors (Lipinski definition) is 1. The second kappa shape index (κ2) is 11.6. The zero-order valence-electron chi connectivity index (χ0n) is 27.8. The first kappa shape index (κ1) is 36.9. The largest absolute Gasteiger partial charge is 0.458 e. The van der Waals surface area contributed by atoms with Crippen molar-refractivity contribution >= 4 is 11.9 Å². The first-order valence-electron chi connectivity index (χ1n) is 16.1. The minimum Gasteiger partial charge on any atom is -0.458 e. The van der Waals surface area contributed by atoms with E-state index in [0.717, 1.165) is 42.4 Å². The van der Waals surface area contributed by atoms with Crippen LogP contribution in [0.25, 0.3) is 0 Å². The predicted molar refractivity (Wildman–Crippen MR) is 153 cm³/mol. The monoisotopic (exact) mass is 642 g/mol. The molecule has 0 aromatic carbocycles. The summed E-state index contributed by atoms with van der Waals surface area (Å²) in [6.45, 7) is 15.5. The summed E-state index contributed by atoms with van der Waals surface area (Å²) in [7, 11) is 0. The third kappa shape index (κ3) is 5.89. The zero-order chi connectivity index (χ0) is 34.1. The van der Waals surface area contributed by atoms with Crippen molar-refractivity contribution in [2.24, 2.45) is 52.3 Å². The fraction of sp³-hybridized carbons (Fsp3) is 0.939. The molecule has 0 aromatic rings. The van der Waals surface area contributed by atoms with Gasteiger partial charge in [0.25, 0.3) is 5.60 Å². The van der Waals surface area contributed by atoms with E-state index in [4.69, 9.17) is 4.74 Å². The molecule has 4 aliphatic rings. The van der Waals surface area contributed by atoms with Gasteiger partial charge in [-0.3, -0.25) is 9.59 Å². The van der Waals surface area contributed by atoms with E-state index in [2.05, 4.69) is 39.4 Å². The van der Waals surface area contributed by atoms with Crippen LogP contribution in [0.3, 0.4) is 0 Å². The summed E-state index contributed by atoms with van der Waals surface area (Å²) in [6.07, 6.45) is -4.09. The van der Waals surface area contributed by atoms with Gasteiger partial charge in [-0.15, -0.1) is 0 Å². The molecule has 4 fully saturated rings. The molecule has 0 spiro atoms. The van der Waals surface area contributed by atoms with Crippen LogP contribution >= 0.6 is 0 Å². The Balaban J connectivity index is 0.000000242. The summed E-state index contributed by atoms with van der Waals surface area (Å²) in [5.41, 5.74) is -10.2. The highest BCUT2D eigenvalue weighted by molar-refractivity contribution is 5.77. The van der Waals surface area contributed by atoms with Crippen molar-refractivity contribution in [3.8, 4) is 0 Å². The van der Waals surface area contributed by atoms with Crippen LogP contribution in [0.2, 0.25) is 0 Å². The molecule has 7 unspecified atom stereocenters. The molecule has 0 heterocycles. The average molecular weight is 643 g/mol. The number of esters is 2. The fourth-order valence-corrected chi connectivity index (χ4v) is 8.28. The second-order valence-corrected chi connectivity index (χ2v) is 15.8. The van der Waals surface area contributed by atoms with E-state index in [1.54, 1.807) is 0 Å². The Kier molecular flexibility index (Phi) is 9.76. The molecule has 44 heavy (non-hydrogen) atoms. The maximum absolute atomic E-state index is 12.9. The van der Waals surface area contributed by atoms with E-state index >= 15 is 0 Å². The number of carbonyl (C=O) groups is 2. The zero-order valence-corrected chi connectivity index (χ0v) is 27.8. The van der Waals surface area contributed by atoms with Crippen LogP contribution in [0.4, 0.5) is 26.3 Å². The molecule has 0 aliphatic heterocycles. The van der Waals surface area contributed by atoms with Gasteiger partial charge in [-0.05, 0) is 122 Å². The van der Waals surface area contributed by atoms with E-state index in [-0.39, 0.29) is 23.4 Å². The summed E-state index contributed by atoms with van der Waals surface area (Å²) in [5, 5.41) is 9.27. The van der Waals surface area contributed by atoms with Crippen molar-refractivity contribution in [3.05, 3.63) is 0 Å². The summed E-state index contributed by atoms with van der Waals surface area (Å²) in [4.78, 5) is 24.7. The summed E-state index contributed by atoms with van der Waals surface area (Å²) in [5.74, 6) is 4.42. The molecule has 256 valence electrons. The van der Waals surface area contributed by atoms with Gasteiger partial charge in [0, 0.05) is 5.92 Å². The van der Waals surface area contributed by atoms with Crippen LogP contribution in [0.1, 0.15) is 114 Å². The number of carbonyl (C=O) groups excluding carboxylic acids is 2. The third-order valence-electron chi connectivity index (χ3n) is 12.2. The van der Waals surface area contributed by atoms with Gasteiger partial charge >= 0.3 is 24.3 Å². The SMILES string of the molecule is CCC(C)(C)C(=O)OC(C)(C)C(O)(C(F)(F)F)C(F)(F)F.CCC1(OC(=O)C(C)(C)C(C)C)CC2CC1C1C3CCC(C3)C21. The van der Waals surface area contributed by atoms with Crippen LogP contribution in [-0.4, -0.2) is 46.2 Å². The average Bonchev–Trinajstić information content (AvgIpc) is 3.66. The highest BCUT2D eigenvalue weighted by Crippen LogP contribution is 2.71. The van der Waals surface area contributed by atoms with Crippen molar-refractivity contribution < 1.29 is 50.5 Å². The summed E-state index contributed by atoms with van der Waals surface area (Å²) >= 11 is 0. The van der Waals surface area contributed by atoms with Crippen molar-refractivity contribution in [1.29, 1.82) is 0 Å². The molecular formula is C33H52F6O5. The quantitative estimate of drug-likeness (QED) is 0.163. The molecule has 7 atom stereocenters. The summed E-state index contributed by atoms with van der Waals surface area (Å²) < 4.78 is 87.3. The lowest BCUT2D eigenvalue weighted by atomic mass is 9.65. The maximum atomic E-state index is 12.9. The standard InChI is InChI=1S/C21H34O2.C12H18F6O3/c1-6-21(23-19(22)20(4,5)12(2)3)11-15-10-16(21)18-14-8-7-13(9-14)17(15)18;1-6-8(2,3)7(19)21-9(4,5)10(20,11(13,14)15)12(16,17)18/h12-18H,6-11H2,1-5H3;20H,6H2,1-5H3. The van der Waals surface area contributed by atoms with E-state index in [1.807, 2.05) is 0 Å². The van der Waals surface area contributed by atoms with Gasteiger partial charge < -0.3 is 14.6 Å². The minimum absolute atomic E-state index is 0.0432. The molecule has 4 bridgehead atoms. The van der Waals surface area contributed by atoms with Crippen molar-refractivity contribution in [2.75, 3.05) is 0 Å². The number of alkyl halides is 6. The molecule has 5 nitrogen and oxygen atoms in total. The highest BCUT2D eigenvalue weighted by atomic mass is 19.4. The number of aliphatic hydroxyl groups is 1. The van der Waals surface area contributed by atoms with Crippen LogP contribution < -0.4 is 0 Å². The first-order valence-corrected chi connectivity index (χ1v) is 16.1. The third-order valence-corrected chi connectivity index (χ3v) is 12.2. The lowest BCUT2D eigenvalue weighted by molar-refractivity contribution is -0.408. The Labute approximate surface area is 258 Å². The maximum Gasteiger partial charge on any atom is 0.430 e. The van der Waals surface area contributed by atoms with Crippen molar-refractivity contribution in [1.82, 2.24) is 0 Å². The molecule has 4 saturated carbocycles. The minimum atomic E-state index is -6.06. The molecule has 1 N–H and O–H groups in total. The van der Waals surface area contributed by atoms with Gasteiger partial charge in [0.2, 0.25) is 0 Å². The van der Waals surface area contributed by atoms with Gasteiger partial charge in [-0.2, -0.15) is 26.3 Å². The number of halogens is 6. The molecule has 0 saturated heterocycles. The van der Waals surface area contributed by atoms with Crippen LogP contribution in [-0.2, 0) is 19.1 Å². The summed E-state index contributed by atoms with van der Waals surface area (Å²) in [6, 6.07) is 0. The lowest BCUT2D eigenvalue weighted by Gasteiger charge is -2.46. The Hall–Kier alpha value is -1.52. The fourth-order valence-electron chi connectivity index (χ4n) is 8.28. The number of hydrogen-bond acceptors (Lipinski definition) is 5. The van der Waals surface area contributed by atoms with Crippen LogP contribution in [0.15, 0.2) is 0 Å². The first-order chi connectivity index (χ1) is 19.7. The highest BCUT2D eigenvalue weighted by Gasteiger charge is 2.79. The molecule has 0 amide bonds. The van der Waals surface area contributed by atoms with Gasteiger partial charge in [0.1, 0.15) is 5.60 Å². The normalized spacial score (nSPS) is 32.0. The molecule has 4 aliphatic carbocycles.